The van der Waals surface area contributed by atoms with E-state index in [-0.39, 0.29) is 32.4 Å². The molecule has 16 amide bonds. The zero-order valence-corrected chi connectivity index (χ0v) is 74.7. The number of allylic oxidation sites excluding steroid dienone is 1. The SMILES string of the molecule is C/C=C(\C)CN(C)C[C@H](NC(=O)[C@H](C)N)C(=O)N[C@H](C)C(=O)N[C@@H](CC(N)=O)C(=O)N[C@@H](CCC(=O)O)C(=O)N[C@@H](Cc1cccc2ccccc12)C(=O)N[C@H](C)C(=O)N[C@H](CS)C(=O)N[C@@H](CCC(=O)O)C(=O)N[C@@H](CC(=O)O)C(=O)N[C@@H](Cc1ccccc1)C(=O)N[C@@H](CC1CC[C@@H]1O)C(=O)N[C@@H](CC(=O)O)C(=O)N[C@H](C(=O)N[C@@H](CN(C)CC)C(N)=O)C(C)(C)C. The van der Waals surface area contributed by atoms with Crippen molar-refractivity contribution in [3.05, 3.63) is 95.6 Å². The maximum atomic E-state index is 14.8. The zero-order chi connectivity index (χ0) is 97.0. The largest absolute Gasteiger partial charge is 0.481 e. The number of likely N-dealkylation sites (N-methyl/N-ethyl adjacent to an activating group) is 2. The number of carbonyl (C=O) groups is 20. The van der Waals surface area contributed by atoms with Gasteiger partial charge in [-0.15, -0.1) is 0 Å². The Morgan fingerprint density at radius 2 is 0.860 bits per heavy atom. The van der Waals surface area contributed by atoms with E-state index in [1.165, 1.54) is 26.0 Å². The molecule has 44 nitrogen and oxygen atoms in total. The highest BCUT2D eigenvalue weighted by molar-refractivity contribution is 7.80. The average Bonchev–Trinajstić information content (AvgIpc) is 0.824. The van der Waals surface area contributed by atoms with E-state index in [0.29, 0.717) is 41.4 Å². The van der Waals surface area contributed by atoms with Gasteiger partial charge in [0.05, 0.1) is 31.4 Å². The van der Waals surface area contributed by atoms with Crippen molar-refractivity contribution in [3.8, 4) is 0 Å². The molecule has 0 radical (unpaired) electrons. The molecule has 0 bridgehead atoms. The number of aliphatic hydroxyl groups is 1. The van der Waals surface area contributed by atoms with Crippen LogP contribution in [0.15, 0.2) is 84.4 Å². The average molecular weight is 1830 g/mol. The molecule has 1 unspecified atom stereocenters. The molecule has 3 aromatic rings. The van der Waals surface area contributed by atoms with Gasteiger partial charge in [0.2, 0.25) is 94.5 Å². The highest BCUT2D eigenvalue weighted by Gasteiger charge is 2.43. The number of benzene rings is 3. The molecule has 0 aromatic heterocycles. The normalized spacial score (nSPS) is 16.6. The fourth-order valence-electron chi connectivity index (χ4n) is 13.2. The second kappa shape index (κ2) is 52.5. The molecular formula is C84H123N19O25S. The van der Waals surface area contributed by atoms with Crippen LogP contribution in [-0.4, -0.2) is 296 Å². The molecule has 0 aliphatic heterocycles. The predicted octanol–water partition coefficient (Wildman–Crippen LogP) is -5.17. The van der Waals surface area contributed by atoms with E-state index in [2.05, 4.69) is 87.1 Å². The Labute approximate surface area is 750 Å². The van der Waals surface area contributed by atoms with Crippen LogP contribution in [0.1, 0.15) is 138 Å². The van der Waals surface area contributed by atoms with Gasteiger partial charge in [0.15, 0.2) is 0 Å². The summed E-state index contributed by atoms with van der Waals surface area (Å²) >= 11 is 4.21. The van der Waals surface area contributed by atoms with Gasteiger partial charge in [-0.3, -0.25) is 101 Å². The molecule has 129 heavy (non-hydrogen) atoms. The highest BCUT2D eigenvalue weighted by atomic mass is 32.1. The van der Waals surface area contributed by atoms with E-state index in [9.17, 15) is 121 Å². The summed E-state index contributed by atoms with van der Waals surface area (Å²) in [4.78, 5) is 276. The molecule has 17 atom stereocenters. The summed E-state index contributed by atoms with van der Waals surface area (Å²) in [5.41, 5.74) is 17.4. The van der Waals surface area contributed by atoms with Gasteiger partial charge in [-0.1, -0.05) is 112 Å². The lowest BCUT2D eigenvalue weighted by Gasteiger charge is -2.36. The number of hydrogen-bond acceptors (Lipinski definition) is 25. The Morgan fingerprint density at radius 3 is 1.33 bits per heavy atom. The molecule has 0 heterocycles. The van der Waals surface area contributed by atoms with E-state index >= 15 is 0 Å². The molecular weight excluding hydrogens is 1710 g/mol. The van der Waals surface area contributed by atoms with Gasteiger partial charge in [0.1, 0.15) is 84.6 Å². The summed E-state index contributed by atoms with van der Waals surface area (Å²) in [6, 6.07) is -5.75. The number of aliphatic hydroxyl groups excluding tert-OH is 1. The number of aliphatic carboxylic acids is 4. The van der Waals surface area contributed by atoms with Gasteiger partial charge >= 0.3 is 23.9 Å². The standard InChI is InChI=1S/C84H123N19O25S/c1-12-42(3)38-103(11)40-60(99-70(115)43(4)85)81(126)89-44(5)71(116)92-56(35-63(86)105)78(123)90-51(27-30-64(106)107)73(118)94-54(33-48-24-19-23-47-22-17-18-25-50(47)48)75(120)88-45(6)72(117)100-61(41-129)82(127)91-52(28-31-65(108)109)74(119)96-57(36-66(110)111)79(124)93-53(32-46-20-15-14-16-21-46)76(121)95-55(34-49-26-29-62(49)104)77(122)97-58(37-67(112)113)80(125)101-68(84(7,8)9)83(128)98-59(69(87)114)39-102(10)13-2/h12,14-25,43-45,49,51-62,68,104,129H,13,26-41,85H2,1-11H3,(H2,86,105)(H2,87,114)(H,88,120)(H,89,126)(H,90,123)(H,91,127)(H,92,116)(H,93,124)(H,94,118)(H,95,121)(H,96,119)(H,97,122)(H,98,128)(H,99,115)(H,100,117)(H,101,125)(H,106,107)(H,108,109)(H,110,111)(H,112,113)/b42-12+/t43-,44+,45+,49?,51-,52-,53-,54-,55-,56-,57-,58-,59-,60-,61+,62-,68+/m0/s1. The number of nitrogens with zero attached hydrogens (tertiary/aromatic N) is 2. The minimum atomic E-state index is -2.19. The maximum absolute atomic E-state index is 14.8. The molecule has 45 heteroatoms. The third-order valence-electron chi connectivity index (χ3n) is 21.0. The van der Waals surface area contributed by atoms with Crippen LogP contribution in [-0.2, 0) is 109 Å². The first kappa shape index (κ1) is 109. The van der Waals surface area contributed by atoms with Crippen molar-refractivity contribution >= 4 is 142 Å². The zero-order valence-electron chi connectivity index (χ0n) is 73.8. The van der Waals surface area contributed by atoms with E-state index < -0.39 is 284 Å². The van der Waals surface area contributed by atoms with Crippen LogP contribution in [0.25, 0.3) is 10.8 Å². The van der Waals surface area contributed by atoms with E-state index in [0.717, 1.165) is 12.5 Å². The summed E-state index contributed by atoms with van der Waals surface area (Å²) in [5.74, 6) is -25.7. The number of thiol groups is 1. The number of primary amides is 2. The van der Waals surface area contributed by atoms with Crippen LogP contribution >= 0.6 is 12.6 Å². The van der Waals surface area contributed by atoms with Crippen LogP contribution in [0.2, 0.25) is 0 Å². The van der Waals surface area contributed by atoms with Crippen LogP contribution in [0.4, 0.5) is 0 Å². The van der Waals surface area contributed by atoms with E-state index in [4.69, 9.17) is 17.2 Å². The van der Waals surface area contributed by atoms with Crippen molar-refractivity contribution in [2.45, 2.75) is 236 Å². The summed E-state index contributed by atoms with van der Waals surface area (Å²) in [5, 5.41) is 85.3. The van der Waals surface area contributed by atoms with E-state index in [1.807, 2.05) is 13.0 Å². The molecule has 25 N–H and O–H groups in total. The number of rotatable bonds is 55. The minimum absolute atomic E-state index is 0.0276. The number of carboxylic acid groups (broad SMARTS) is 4. The van der Waals surface area contributed by atoms with Crippen molar-refractivity contribution in [1.29, 1.82) is 0 Å². The minimum Gasteiger partial charge on any atom is -0.481 e. The van der Waals surface area contributed by atoms with Gasteiger partial charge in [-0.2, -0.15) is 12.6 Å². The predicted molar refractivity (Wildman–Crippen MR) is 468 cm³/mol. The van der Waals surface area contributed by atoms with Gasteiger partial charge < -0.3 is 122 Å². The number of amides is 16. The Morgan fingerprint density at radius 1 is 0.457 bits per heavy atom. The Hall–Kier alpha value is -12.8. The van der Waals surface area contributed by atoms with E-state index in [1.54, 1.807) is 119 Å². The number of hydrogen-bond donors (Lipinski definition) is 23. The monoisotopic (exact) mass is 1830 g/mol. The van der Waals surface area contributed by atoms with Crippen LogP contribution in [0.5, 0.6) is 0 Å². The first-order valence-electron chi connectivity index (χ1n) is 41.7. The number of nitrogens with one attached hydrogen (secondary N) is 14. The van der Waals surface area contributed by atoms with Crippen molar-refractivity contribution in [2.75, 3.05) is 46.0 Å². The fraction of sp³-hybridized carbons (Fsp3) is 0.548. The van der Waals surface area contributed by atoms with Crippen molar-refractivity contribution < 1.29 is 121 Å². The third kappa shape index (κ3) is 37.2. The molecule has 0 saturated heterocycles. The summed E-state index contributed by atoms with van der Waals surface area (Å²) in [6.07, 6.45) is -6.25. The quantitative estimate of drug-likeness (QED) is 0.0186. The molecule has 1 saturated carbocycles. The van der Waals surface area contributed by atoms with Crippen molar-refractivity contribution in [2.24, 2.45) is 28.5 Å². The topological polar surface area (TPSA) is 696 Å². The smallest absolute Gasteiger partial charge is 0.305 e. The van der Waals surface area contributed by atoms with Crippen molar-refractivity contribution in [3.63, 3.8) is 0 Å². The lowest BCUT2D eigenvalue weighted by molar-refractivity contribution is -0.143. The van der Waals surface area contributed by atoms with Crippen LogP contribution in [0, 0.1) is 11.3 Å². The summed E-state index contributed by atoms with van der Waals surface area (Å²) in [7, 11) is 3.33. The number of carbonyl (C=O) groups excluding carboxylic acids is 16. The molecule has 1 aliphatic rings. The first-order valence-corrected chi connectivity index (χ1v) is 42.3. The Balaban J connectivity index is 1.62. The highest BCUT2D eigenvalue weighted by Crippen LogP contribution is 2.32. The first-order chi connectivity index (χ1) is 60.4. The van der Waals surface area contributed by atoms with Gasteiger partial charge in [-0.25, -0.2) is 0 Å². The molecule has 4 rings (SSSR count). The molecule has 1 fully saturated rings. The van der Waals surface area contributed by atoms with Gasteiger partial charge in [0.25, 0.3) is 0 Å². The number of fused-ring (bicyclic) bond motifs is 1. The second-order valence-electron chi connectivity index (χ2n) is 32.9. The number of carboxylic acids is 4. The molecule has 3 aromatic carbocycles. The fourth-order valence-corrected chi connectivity index (χ4v) is 13.5. The van der Waals surface area contributed by atoms with Gasteiger partial charge in [-0.05, 0) is 121 Å². The third-order valence-corrected chi connectivity index (χ3v) is 21.4. The second-order valence-corrected chi connectivity index (χ2v) is 33.3. The molecule has 0 spiro atoms. The van der Waals surface area contributed by atoms with Crippen LogP contribution in [0.3, 0.4) is 0 Å². The Kier molecular flexibility index (Phi) is 44.2. The lowest BCUT2D eigenvalue weighted by atomic mass is 9.77. The summed E-state index contributed by atoms with van der Waals surface area (Å²) < 4.78 is 0. The van der Waals surface area contributed by atoms with Crippen molar-refractivity contribution in [1.82, 2.24) is 84.2 Å². The summed E-state index contributed by atoms with van der Waals surface area (Å²) in [6.45, 7) is 14.5. The number of nitrogens with two attached hydrogens (primary N) is 3. The van der Waals surface area contributed by atoms with Crippen LogP contribution < -0.4 is 91.6 Å². The maximum Gasteiger partial charge on any atom is 0.305 e. The molecule has 1 aliphatic carbocycles. The molecule has 710 valence electrons. The van der Waals surface area contributed by atoms with Gasteiger partial charge in [0, 0.05) is 51.1 Å². The lowest BCUT2D eigenvalue weighted by Crippen LogP contribution is -2.63. The Bertz CT molecular complexity index is 4550.